The number of hydrogen-bond donors (Lipinski definition) is 1. The summed E-state index contributed by atoms with van der Waals surface area (Å²) in [6.45, 7) is 1.09. The van der Waals surface area contributed by atoms with E-state index in [1.165, 1.54) is 28.2 Å². The highest BCUT2D eigenvalue weighted by atomic mass is 32.2. The fourth-order valence-electron chi connectivity index (χ4n) is 5.11. The number of benzene rings is 4. The largest absolute Gasteiger partial charge is 0.380 e. The second-order valence-corrected chi connectivity index (χ2v) is 11.5. The minimum Gasteiger partial charge on any atom is -0.380 e. The van der Waals surface area contributed by atoms with Gasteiger partial charge in [0.15, 0.2) is 0 Å². The van der Waals surface area contributed by atoms with E-state index in [2.05, 4.69) is 5.32 Å². The van der Waals surface area contributed by atoms with Crippen LogP contribution in [-0.2, 0) is 10.0 Å². The summed E-state index contributed by atoms with van der Waals surface area (Å²) in [5.41, 5.74) is 3.59. The molecule has 6 rings (SSSR count). The smallest absolute Gasteiger partial charge is 0.268 e. The minimum atomic E-state index is -3.91. The molecule has 2 heterocycles. The Morgan fingerprint density at radius 2 is 1.54 bits per heavy atom. The summed E-state index contributed by atoms with van der Waals surface area (Å²) < 4.78 is 41.9. The lowest BCUT2D eigenvalue weighted by molar-refractivity contribution is 0.0791. The molecule has 1 aliphatic heterocycles. The topological polar surface area (TPSA) is 71.4 Å². The summed E-state index contributed by atoms with van der Waals surface area (Å²) in [4.78, 5) is 15.0. The highest BCUT2D eigenvalue weighted by Crippen LogP contribution is 2.33. The fourth-order valence-corrected chi connectivity index (χ4v) is 6.48. The Morgan fingerprint density at radius 3 is 2.28 bits per heavy atom. The zero-order valence-electron chi connectivity index (χ0n) is 21.0. The number of fused-ring (bicyclic) bond motifs is 1. The molecule has 1 aromatic heterocycles. The molecule has 4 aromatic carbocycles. The third-order valence-corrected chi connectivity index (χ3v) is 8.80. The molecule has 0 unspecified atom stereocenters. The number of carbonyl (C=O) groups is 1. The van der Waals surface area contributed by atoms with Gasteiger partial charge in [0, 0.05) is 47.5 Å². The molecule has 196 valence electrons. The van der Waals surface area contributed by atoms with Crippen molar-refractivity contribution in [2.45, 2.75) is 17.4 Å². The van der Waals surface area contributed by atoms with Gasteiger partial charge in [-0.05, 0) is 66.6 Å². The molecule has 0 saturated carbocycles. The van der Waals surface area contributed by atoms with Crippen LogP contribution < -0.4 is 5.32 Å². The number of hydrogen-bond acceptors (Lipinski definition) is 4. The standard InChI is InChI=1S/C31H26FN3O3S/c32-24-12-14-25(15-13-24)33-26-18-19-34(20-26)31(36)23-10-16-27(17-11-23)39(37,38)35-21-29(22-6-2-1-3-7-22)28-8-4-5-9-30(28)35/h1-17,21,26,33H,18-20H2/t26-/m0/s1. The van der Waals surface area contributed by atoms with Crippen LogP contribution in [-0.4, -0.2) is 42.3 Å². The Labute approximate surface area is 226 Å². The van der Waals surface area contributed by atoms with Crippen molar-refractivity contribution < 1.29 is 17.6 Å². The molecule has 1 saturated heterocycles. The Morgan fingerprint density at radius 1 is 0.846 bits per heavy atom. The van der Waals surface area contributed by atoms with Gasteiger partial charge in [0.2, 0.25) is 0 Å². The van der Waals surface area contributed by atoms with Crippen molar-refractivity contribution in [1.29, 1.82) is 0 Å². The Balaban J connectivity index is 1.22. The van der Waals surface area contributed by atoms with Crippen LogP contribution in [0.15, 0.2) is 114 Å². The first-order valence-corrected chi connectivity index (χ1v) is 14.2. The van der Waals surface area contributed by atoms with Gasteiger partial charge >= 0.3 is 0 Å². The van der Waals surface area contributed by atoms with Gasteiger partial charge in [0.05, 0.1) is 10.4 Å². The number of para-hydroxylation sites is 1. The predicted octanol–water partition coefficient (Wildman–Crippen LogP) is 6.01. The van der Waals surface area contributed by atoms with E-state index < -0.39 is 10.0 Å². The van der Waals surface area contributed by atoms with Crippen LogP contribution >= 0.6 is 0 Å². The number of halogens is 1. The maximum Gasteiger partial charge on any atom is 0.268 e. The van der Waals surface area contributed by atoms with Gasteiger partial charge < -0.3 is 10.2 Å². The summed E-state index contributed by atoms with van der Waals surface area (Å²) in [5, 5.41) is 4.18. The Kier molecular flexibility index (Phi) is 6.40. The van der Waals surface area contributed by atoms with E-state index in [-0.39, 0.29) is 22.7 Å². The van der Waals surface area contributed by atoms with Gasteiger partial charge in [-0.25, -0.2) is 16.8 Å². The van der Waals surface area contributed by atoms with Crippen molar-refractivity contribution in [1.82, 2.24) is 8.87 Å². The van der Waals surface area contributed by atoms with Crippen molar-refractivity contribution in [3.63, 3.8) is 0 Å². The second kappa shape index (κ2) is 10.0. The third kappa shape index (κ3) is 4.79. The van der Waals surface area contributed by atoms with Gasteiger partial charge in [0.1, 0.15) is 5.82 Å². The molecule has 1 amide bonds. The Hall–Kier alpha value is -4.43. The van der Waals surface area contributed by atoms with Crippen LogP contribution in [0.3, 0.4) is 0 Å². The lowest BCUT2D eigenvalue weighted by Gasteiger charge is -2.18. The average Bonchev–Trinajstić information content (AvgIpc) is 3.60. The van der Waals surface area contributed by atoms with Crippen molar-refractivity contribution in [3.05, 3.63) is 121 Å². The van der Waals surface area contributed by atoms with Gasteiger partial charge in [-0.3, -0.25) is 4.79 Å². The van der Waals surface area contributed by atoms with Crippen molar-refractivity contribution in [3.8, 4) is 11.1 Å². The van der Waals surface area contributed by atoms with Crippen LogP contribution in [0.2, 0.25) is 0 Å². The van der Waals surface area contributed by atoms with E-state index >= 15 is 0 Å². The lowest BCUT2D eigenvalue weighted by Crippen LogP contribution is -2.31. The van der Waals surface area contributed by atoms with Gasteiger partial charge in [0.25, 0.3) is 15.9 Å². The minimum absolute atomic E-state index is 0.0555. The van der Waals surface area contributed by atoms with Crippen LogP contribution in [0.4, 0.5) is 10.1 Å². The normalized spacial score (nSPS) is 15.5. The zero-order chi connectivity index (χ0) is 27.0. The van der Waals surface area contributed by atoms with Gasteiger partial charge in [-0.2, -0.15) is 0 Å². The molecule has 1 fully saturated rings. The first kappa shape index (κ1) is 24.9. The first-order valence-electron chi connectivity index (χ1n) is 12.7. The quantitative estimate of drug-likeness (QED) is 0.287. The Bertz CT molecular complexity index is 1750. The molecule has 0 bridgehead atoms. The molecular weight excluding hydrogens is 513 g/mol. The fraction of sp³-hybridized carbons (Fsp3) is 0.129. The molecule has 8 heteroatoms. The monoisotopic (exact) mass is 539 g/mol. The molecule has 5 aromatic rings. The summed E-state index contributed by atoms with van der Waals surface area (Å²) in [6.07, 6.45) is 2.42. The lowest BCUT2D eigenvalue weighted by atomic mass is 10.1. The average molecular weight is 540 g/mol. The summed E-state index contributed by atoms with van der Waals surface area (Å²) in [6, 6.07) is 29.4. The maximum atomic E-state index is 13.7. The number of nitrogens with one attached hydrogen (secondary N) is 1. The summed E-state index contributed by atoms with van der Waals surface area (Å²) in [5.74, 6) is -0.448. The highest BCUT2D eigenvalue weighted by Gasteiger charge is 2.28. The van der Waals surface area contributed by atoms with Crippen LogP contribution in [0.5, 0.6) is 0 Å². The molecular formula is C31H26FN3O3S. The van der Waals surface area contributed by atoms with Crippen molar-refractivity contribution in [2.24, 2.45) is 0 Å². The maximum absolute atomic E-state index is 13.7. The zero-order valence-corrected chi connectivity index (χ0v) is 21.8. The predicted molar refractivity (Wildman–Crippen MR) is 151 cm³/mol. The van der Waals surface area contributed by atoms with Crippen LogP contribution in [0.25, 0.3) is 22.0 Å². The van der Waals surface area contributed by atoms with Gasteiger partial charge in [-0.15, -0.1) is 0 Å². The van der Waals surface area contributed by atoms with E-state index in [9.17, 15) is 17.6 Å². The van der Waals surface area contributed by atoms with E-state index in [1.54, 1.807) is 41.4 Å². The van der Waals surface area contributed by atoms with E-state index in [4.69, 9.17) is 0 Å². The van der Waals surface area contributed by atoms with Gasteiger partial charge in [-0.1, -0.05) is 48.5 Å². The molecule has 1 N–H and O–H groups in total. The van der Waals surface area contributed by atoms with Crippen molar-refractivity contribution >= 4 is 32.5 Å². The highest BCUT2D eigenvalue weighted by molar-refractivity contribution is 7.90. The summed E-state index contributed by atoms with van der Waals surface area (Å²) >= 11 is 0. The summed E-state index contributed by atoms with van der Waals surface area (Å²) in [7, 11) is -3.91. The first-order chi connectivity index (χ1) is 18.9. The number of rotatable bonds is 6. The molecule has 1 aliphatic rings. The SMILES string of the molecule is O=C(c1ccc(S(=O)(=O)n2cc(-c3ccccc3)c3ccccc32)cc1)N1CC[C@H](Nc2ccc(F)cc2)C1. The molecule has 39 heavy (non-hydrogen) atoms. The number of carbonyl (C=O) groups excluding carboxylic acids is 1. The number of anilines is 1. The second-order valence-electron chi connectivity index (χ2n) is 9.64. The van der Waals surface area contributed by atoms with Crippen molar-refractivity contribution in [2.75, 3.05) is 18.4 Å². The number of aromatic nitrogens is 1. The number of likely N-dealkylation sites (tertiary alicyclic amines) is 1. The number of amides is 1. The van der Waals surface area contributed by atoms with Crippen LogP contribution in [0, 0.1) is 5.82 Å². The molecule has 0 aliphatic carbocycles. The van der Waals surface area contributed by atoms with Crippen LogP contribution in [0.1, 0.15) is 16.8 Å². The van der Waals surface area contributed by atoms with E-state index in [0.29, 0.717) is 24.2 Å². The van der Waals surface area contributed by atoms with E-state index in [0.717, 1.165) is 28.6 Å². The molecule has 0 spiro atoms. The number of nitrogens with zero attached hydrogens (tertiary/aromatic N) is 2. The molecule has 1 atom stereocenters. The third-order valence-electron chi connectivity index (χ3n) is 7.11. The molecule has 0 radical (unpaired) electrons. The van der Waals surface area contributed by atoms with E-state index in [1.807, 2.05) is 48.5 Å². The molecule has 6 nitrogen and oxygen atoms in total.